The topological polar surface area (TPSA) is 65.1 Å². The van der Waals surface area contributed by atoms with Crippen molar-refractivity contribution in [2.24, 2.45) is 5.92 Å². The summed E-state index contributed by atoms with van der Waals surface area (Å²) in [7, 11) is 3.10. The van der Waals surface area contributed by atoms with Gasteiger partial charge in [0.1, 0.15) is 5.82 Å². The van der Waals surface area contributed by atoms with E-state index in [1.165, 1.54) is 12.1 Å². The van der Waals surface area contributed by atoms with E-state index in [0.29, 0.717) is 38.3 Å². The Kier molecular flexibility index (Phi) is 9.83. The minimum Gasteiger partial charge on any atom is -0.452 e. The molecule has 0 heterocycles. The fraction of sp³-hybridized carbons (Fsp3) is 0.579. The van der Waals surface area contributed by atoms with Crippen LogP contribution in [0.15, 0.2) is 24.3 Å². The largest absolute Gasteiger partial charge is 0.452 e. The van der Waals surface area contributed by atoms with E-state index >= 15 is 0 Å². The van der Waals surface area contributed by atoms with Crippen LogP contribution in [0.25, 0.3) is 0 Å². The van der Waals surface area contributed by atoms with Gasteiger partial charge in [-0.15, -0.1) is 0 Å². The summed E-state index contributed by atoms with van der Waals surface area (Å²) in [5, 5.41) is 0. The first-order valence-corrected chi connectivity index (χ1v) is 8.60. The van der Waals surface area contributed by atoms with Crippen molar-refractivity contribution in [2.45, 2.75) is 26.4 Å². The molecule has 0 aromatic heterocycles. The van der Waals surface area contributed by atoms with Gasteiger partial charge in [0.05, 0.1) is 19.1 Å². The lowest BCUT2D eigenvalue weighted by atomic mass is 10.0. The summed E-state index contributed by atoms with van der Waals surface area (Å²) < 4.78 is 28.6. The first-order chi connectivity index (χ1) is 12.4. The normalized spacial score (nSPS) is 13.1. The number of benzene rings is 1. The molecule has 0 N–H and O–H groups in total. The summed E-state index contributed by atoms with van der Waals surface area (Å²) in [6.45, 7) is 4.77. The second-order valence-electron chi connectivity index (χ2n) is 6.13. The zero-order valence-corrected chi connectivity index (χ0v) is 15.9. The minimum absolute atomic E-state index is 0.301. The Labute approximate surface area is 154 Å². The summed E-state index contributed by atoms with van der Waals surface area (Å²) in [5.74, 6) is -1.63. The lowest BCUT2D eigenvalue weighted by Crippen LogP contribution is -2.43. The van der Waals surface area contributed by atoms with Gasteiger partial charge in [-0.3, -0.25) is 9.59 Å². The quantitative estimate of drug-likeness (QED) is 0.559. The van der Waals surface area contributed by atoms with Crippen LogP contribution in [0.2, 0.25) is 0 Å². The maximum absolute atomic E-state index is 13.2. The second kappa shape index (κ2) is 11.6. The number of rotatable bonds is 11. The highest BCUT2D eigenvalue weighted by molar-refractivity contribution is 5.84. The Bertz CT molecular complexity index is 573. The van der Waals surface area contributed by atoms with E-state index < -0.39 is 18.0 Å². The maximum Gasteiger partial charge on any atom is 0.309 e. The summed E-state index contributed by atoms with van der Waals surface area (Å²) >= 11 is 0. The number of carbonyl (C=O) groups excluding carboxylic acids is 2. The predicted octanol–water partition coefficient (Wildman–Crippen LogP) is 2.06. The van der Waals surface area contributed by atoms with Gasteiger partial charge in [0.25, 0.3) is 5.91 Å². The maximum atomic E-state index is 13.2. The lowest BCUT2D eigenvalue weighted by Gasteiger charge is -2.25. The van der Waals surface area contributed by atoms with Crippen molar-refractivity contribution in [3.63, 3.8) is 0 Å². The molecule has 146 valence electrons. The average Bonchev–Trinajstić information content (AvgIpc) is 2.61. The highest BCUT2D eigenvalue weighted by Gasteiger charge is 2.26. The van der Waals surface area contributed by atoms with Crippen molar-refractivity contribution in [2.75, 3.05) is 40.5 Å². The summed E-state index contributed by atoms with van der Waals surface area (Å²) in [6, 6.07) is 6.08. The van der Waals surface area contributed by atoms with Crippen LogP contribution >= 0.6 is 0 Å². The number of methoxy groups -OCH3 is 2. The summed E-state index contributed by atoms with van der Waals surface area (Å²) in [6.07, 6.45) is -0.569. The van der Waals surface area contributed by atoms with E-state index in [4.69, 9.17) is 14.2 Å². The van der Waals surface area contributed by atoms with Crippen LogP contribution in [0.3, 0.4) is 0 Å². The lowest BCUT2D eigenvalue weighted by molar-refractivity contribution is -0.162. The molecule has 0 aliphatic rings. The van der Waals surface area contributed by atoms with E-state index in [1.807, 2.05) is 0 Å². The Balaban J connectivity index is 2.60. The molecule has 1 rings (SSSR count). The smallest absolute Gasteiger partial charge is 0.309 e. The SMILES string of the molecule is COCCN(CCOC)C(=O)C(C)OC(=O)C(C)Cc1cccc(F)c1. The van der Waals surface area contributed by atoms with Crippen molar-refractivity contribution < 1.29 is 28.2 Å². The molecule has 0 fully saturated rings. The Hall–Kier alpha value is -1.99. The molecular formula is C19H28FNO5. The number of esters is 1. The van der Waals surface area contributed by atoms with Crippen molar-refractivity contribution in [1.29, 1.82) is 0 Å². The molecule has 0 radical (unpaired) electrons. The first kappa shape index (κ1) is 22.1. The number of amides is 1. The van der Waals surface area contributed by atoms with Crippen LogP contribution < -0.4 is 0 Å². The zero-order valence-electron chi connectivity index (χ0n) is 15.9. The molecule has 2 unspecified atom stereocenters. The molecule has 0 saturated carbocycles. The number of hydrogen-bond donors (Lipinski definition) is 0. The summed E-state index contributed by atoms with van der Waals surface area (Å²) in [5.41, 5.74) is 0.704. The van der Waals surface area contributed by atoms with Crippen molar-refractivity contribution >= 4 is 11.9 Å². The van der Waals surface area contributed by atoms with Crippen LogP contribution in [0.1, 0.15) is 19.4 Å². The van der Waals surface area contributed by atoms with Crippen LogP contribution in [-0.4, -0.2) is 63.4 Å². The van der Waals surface area contributed by atoms with E-state index in [0.717, 1.165) is 0 Å². The van der Waals surface area contributed by atoms with E-state index in [1.54, 1.807) is 45.1 Å². The third kappa shape index (κ3) is 7.49. The Morgan fingerprint density at radius 3 is 2.27 bits per heavy atom. The zero-order chi connectivity index (χ0) is 19.5. The summed E-state index contributed by atoms with van der Waals surface area (Å²) in [4.78, 5) is 26.3. The molecule has 7 heteroatoms. The first-order valence-electron chi connectivity index (χ1n) is 8.60. The minimum atomic E-state index is -0.911. The van der Waals surface area contributed by atoms with E-state index in [9.17, 15) is 14.0 Å². The number of halogens is 1. The molecule has 0 aliphatic carbocycles. The number of nitrogens with zero attached hydrogens (tertiary/aromatic N) is 1. The molecule has 6 nitrogen and oxygen atoms in total. The van der Waals surface area contributed by atoms with Crippen LogP contribution in [-0.2, 0) is 30.2 Å². The van der Waals surface area contributed by atoms with Gasteiger partial charge in [0.15, 0.2) is 6.10 Å². The highest BCUT2D eigenvalue weighted by atomic mass is 19.1. The predicted molar refractivity (Wildman–Crippen MR) is 95.2 cm³/mol. The molecule has 1 aromatic carbocycles. The standard InChI is InChI=1S/C19H28FNO5/c1-14(12-16-6-5-7-17(20)13-16)19(23)26-15(2)18(22)21(8-10-24-3)9-11-25-4/h5-7,13-15H,8-12H2,1-4H3. The number of ether oxygens (including phenoxy) is 3. The van der Waals surface area contributed by atoms with Gasteiger partial charge in [-0.05, 0) is 31.0 Å². The van der Waals surface area contributed by atoms with Gasteiger partial charge in [-0.2, -0.15) is 0 Å². The van der Waals surface area contributed by atoms with E-state index in [2.05, 4.69) is 0 Å². The van der Waals surface area contributed by atoms with Gasteiger partial charge in [0.2, 0.25) is 0 Å². The molecule has 0 aliphatic heterocycles. The number of hydrogen-bond acceptors (Lipinski definition) is 5. The number of carbonyl (C=O) groups is 2. The Morgan fingerprint density at radius 1 is 1.12 bits per heavy atom. The highest BCUT2D eigenvalue weighted by Crippen LogP contribution is 2.13. The van der Waals surface area contributed by atoms with Crippen LogP contribution in [0.5, 0.6) is 0 Å². The molecule has 1 aromatic rings. The van der Waals surface area contributed by atoms with E-state index in [-0.39, 0.29) is 11.7 Å². The average molecular weight is 369 g/mol. The van der Waals surface area contributed by atoms with Gasteiger partial charge < -0.3 is 19.1 Å². The molecule has 26 heavy (non-hydrogen) atoms. The van der Waals surface area contributed by atoms with Gasteiger partial charge in [0, 0.05) is 27.3 Å². The van der Waals surface area contributed by atoms with Crippen LogP contribution in [0, 0.1) is 11.7 Å². The fourth-order valence-corrected chi connectivity index (χ4v) is 2.43. The van der Waals surface area contributed by atoms with Crippen molar-refractivity contribution in [3.8, 4) is 0 Å². The van der Waals surface area contributed by atoms with Crippen molar-refractivity contribution in [3.05, 3.63) is 35.6 Å². The third-order valence-electron chi connectivity index (χ3n) is 3.92. The monoisotopic (exact) mass is 369 g/mol. The molecule has 0 saturated heterocycles. The molecular weight excluding hydrogens is 341 g/mol. The van der Waals surface area contributed by atoms with Gasteiger partial charge >= 0.3 is 5.97 Å². The Morgan fingerprint density at radius 2 is 1.73 bits per heavy atom. The molecule has 2 atom stereocenters. The third-order valence-corrected chi connectivity index (χ3v) is 3.92. The molecule has 1 amide bonds. The molecule has 0 bridgehead atoms. The second-order valence-corrected chi connectivity index (χ2v) is 6.13. The van der Waals surface area contributed by atoms with Gasteiger partial charge in [-0.1, -0.05) is 19.1 Å². The fourth-order valence-electron chi connectivity index (χ4n) is 2.43. The van der Waals surface area contributed by atoms with Crippen LogP contribution in [0.4, 0.5) is 4.39 Å². The molecule has 0 spiro atoms. The van der Waals surface area contributed by atoms with Crippen molar-refractivity contribution in [1.82, 2.24) is 4.90 Å². The van der Waals surface area contributed by atoms with Gasteiger partial charge in [-0.25, -0.2) is 4.39 Å².